The predicted octanol–water partition coefficient (Wildman–Crippen LogP) is 2.69. The van der Waals surface area contributed by atoms with E-state index in [1.54, 1.807) is 6.20 Å². The van der Waals surface area contributed by atoms with Crippen LogP contribution in [-0.2, 0) is 4.74 Å². The highest BCUT2D eigenvalue weighted by molar-refractivity contribution is 5.07. The molecular formula is C17H28N2O2. The molecule has 0 aromatic carbocycles. The molecule has 0 aliphatic heterocycles. The van der Waals surface area contributed by atoms with E-state index < -0.39 is 6.10 Å². The molecule has 1 aromatic heterocycles. The third-order valence-electron chi connectivity index (χ3n) is 4.28. The molecule has 0 saturated heterocycles. The molecule has 1 aliphatic rings. The summed E-state index contributed by atoms with van der Waals surface area (Å²) in [7, 11) is 0. The van der Waals surface area contributed by atoms with Crippen molar-refractivity contribution in [2.45, 2.75) is 57.8 Å². The second kappa shape index (κ2) is 8.47. The van der Waals surface area contributed by atoms with Crippen LogP contribution < -0.4 is 5.32 Å². The van der Waals surface area contributed by atoms with E-state index in [9.17, 15) is 5.11 Å². The quantitative estimate of drug-likeness (QED) is 0.811. The van der Waals surface area contributed by atoms with Crippen molar-refractivity contribution in [3.8, 4) is 0 Å². The molecule has 1 saturated carbocycles. The van der Waals surface area contributed by atoms with Crippen LogP contribution in [0.2, 0.25) is 0 Å². The Bertz CT molecular complexity index is 391. The summed E-state index contributed by atoms with van der Waals surface area (Å²) in [6.07, 6.45) is 6.42. The lowest BCUT2D eigenvalue weighted by Crippen LogP contribution is -2.34. The Balaban J connectivity index is 1.62. The predicted molar refractivity (Wildman–Crippen MR) is 84.0 cm³/mol. The van der Waals surface area contributed by atoms with Gasteiger partial charge in [0.1, 0.15) is 0 Å². The lowest BCUT2D eigenvalue weighted by molar-refractivity contribution is -0.0283. The maximum Gasteiger partial charge on any atom is 0.0898 e. The zero-order valence-electron chi connectivity index (χ0n) is 13.2. The summed E-state index contributed by atoms with van der Waals surface area (Å²) in [6.45, 7) is 5.30. The zero-order valence-corrected chi connectivity index (χ0v) is 13.2. The third-order valence-corrected chi connectivity index (χ3v) is 4.28. The fraction of sp³-hybridized carbons (Fsp3) is 0.706. The Kier molecular flexibility index (Phi) is 6.61. The summed E-state index contributed by atoms with van der Waals surface area (Å²) in [5, 5.41) is 13.3. The van der Waals surface area contributed by atoms with Gasteiger partial charge in [0.15, 0.2) is 0 Å². The van der Waals surface area contributed by atoms with Crippen molar-refractivity contribution in [3.05, 3.63) is 30.1 Å². The zero-order chi connectivity index (χ0) is 15.1. The van der Waals surface area contributed by atoms with Gasteiger partial charge in [-0.05, 0) is 50.7 Å². The molecule has 0 amide bonds. The molecule has 2 rings (SSSR count). The average molecular weight is 292 g/mol. The van der Waals surface area contributed by atoms with Crippen molar-refractivity contribution >= 4 is 0 Å². The van der Waals surface area contributed by atoms with E-state index in [1.807, 2.05) is 18.2 Å². The van der Waals surface area contributed by atoms with Crippen molar-refractivity contribution in [1.29, 1.82) is 0 Å². The summed E-state index contributed by atoms with van der Waals surface area (Å²) >= 11 is 0. The summed E-state index contributed by atoms with van der Waals surface area (Å²) in [6, 6.07) is 6.01. The Morgan fingerprint density at radius 1 is 1.33 bits per heavy atom. The summed E-state index contributed by atoms with van der Waals surface area (Å²) in [4.78, 5) is 4.31. The highest BCUT2D eigenvalue weighted by Crippen LogP contribution is 2.25. The standard InChI is InChI=1S/C17H28N2O2/c1-13-6-8-16(9-7-13)21-12-15(20)11-19-14(2)17-5-3-4-10-18-17/h3-5,10,13-16,19-20H,6-9,11-12H2,1-2H3/t13?,14-,15?,16?/m1/s1. The SMILES string of the molecule is CC1CCC(OCC(O)CN[C@H](C)c2ccccn2)CC1. The molecule has 1 aliphatic carbocycles. The Morgan fingerprint density at radius 2 is 2.10 bits per heavy atom. The van der Waals surface area contributed by atoms with Gasteiger partial charge in [-0.1, -0.05) is 13.0 Å². The minimum absolute atomic E-state index is 0.136. The van der Waals surface area contributed by atoms with E-state index in [0.717, 1.165) is 24.5 Å². The fourth-order valence-electron chi connectivity index (χ4n) is 2.75. The number of hydrogen-bond acceptors (Lipinski definition) is 4. The van der Waals surface area contributed by atoms with Gasteiger partial charge < -0.3 is 15.2 Å². The van der Waals surface area contributed by atoms with Crippen molar-refractivity contribution < 1.29 is 9.84 Å². The Morgan fingerprint density at radius 3 is 2.76 bits per heavy atom. The first-order chi connectivity index (χ1) is 10.1. The number of aliphatic hydroxyl groups excluding tert-OH is 1. The van der Waals surface area contributed by atoms with Gasteiger partial charge in [0.25, 0.3) is 0 Å². The van der Waals surface area contributed by atoms with Crippen molar-refractivity contribution in [2.75, 3.05) is 13.2 Å². The van der Waals surface area contributed by atoms with E-state index >= 15 is 0 Å². The monoisotopic (exact) mass is 292 g/mol. The van der Waals surface area contributed by atoms with Gasteiger partial charge in [-0.2, -0.15) is 0 Å². The first kappa shape index (κ1) is 16.4. The normalized spacial score (nSPS) is 25.5. The van der Waals surface area contributed by atoms with Crippen LogP contribution in [-0.4, -0.2) is 35.5 Å². The maximum absolute atomic E-state index is 10.0. The largest absolute Gasteiger partial charge is 0.389 e. The number of nitrogens with one attached hydrogen (secondary N) is 1. The van der Waals surface area contributed by atoms with E-state index in [1.165, 1.54) is 12.8 Å². The van der Waals surface area contributed by atoms with Crippen LogP contribution in [0.3, 0.4) is 0 Å². The minimum atomic E-state index is -0.462. The molecule has 1 unspecified atom stereocenters. The van der Waals surface area contributed by atoms with E-state index in [4.69, 9.17) is 4.74 Å². The molecule has 0 spiro atoms. The minimum Gasteiger partial charge on any atom is -0.389 e. The summed E-state index contributed by atoms with van der Waals surface area (Å²) < 4.78 is 5.83. The highest BCUT2D eigenvalue weighted by Gasteiger charge is 2.19. The lowest BCUT2D eigenvalue weighted by Gasteiger charge is -2.27. The van der Waals surface area contributed by atoms with Crippen LogP contribution >= 0.6 is 0 Å². The molecule has 0 bridgehead atoms. The molecule has 0 radical (unpaired) electrons. The maximum atomic E-state index is 10.0. The van der Waals surface area contributed by atoms with Gasteiger partial charge >= 0.3 is 0 Å². The number of pyridine rings is 1. The number of hydrogen-bond donors (Lipinski definition) is 2. The first-order valence-corrected chi connectivity index (χ1v) is 8.09. The van der Waals surface area contributed by atoms with E-state index in [-0.39, 0.29) is 6.04 Å². The van der Waals surface area contributed by atoms with Crippen LogP contribution in [0.1, 0.15) is 51.3 Å². The Hall–Kier alpha value is -0.970. The van der Waals surface area contributed by atoms with E-state index in [0.29, 0.717) is 19.3 Å². The van der Waals surface area contributed by atoms with Gasteiger partial charge in [-0.25, -0.2) is 0 Å². The molecule has 4 heteroatoms. The van der Waals surface area contributed by atoms with Gasteiger partial charge in [0, 0.05) is 18.8 Å². The van der Waals surface area contributed by atoms with E-state index in [2.05, 4.69) is 24.1 Å². The number of rotatable bonds is 7. The molecular weight excluding hydrogens is 264 g/mol. The molecule has 1 heterocycles. The molecule has 1 fully saturated rings. The number of ether oxygens (including phenoxy) is 1. The highest BCUT2D eigenvalue weighted by atomic mass is 16.5. The smallest absolute Gasteiger partial charge is 0.0898 e. The van der Waals surface area contributed by atoms with Crippen LogP contribution in [0, 0.1) is 5.92 Å². The number of aliphatic hydroxyl groups is 1. The van der Waals surface area contributed by atoms with Crippen LogP contribution in [0.4, 0.5) is 0 Å². The summed E-state index contributed by atoms with van der Waals surface area (Å²) in [5.41, 5.74) is 0.992. The van der Waals surface area contributed by atoms with Gasteiger partial charge in [-0.15, -0.1) is 0 Å². The molecule has 21 heavy (non-hydrogen) atoms. The van der Waals surface area contributed by atoms with Crippen molar-refractivity contribution in [3.63, 3.8) is 0 Å². The molecule has 4 nitrogen and oxygen atoms in total. The average Bonchev–Trinajstić information content (AvgIpc) is 2.53. The van der Waals surface area contributed by atoms with Crippen molar-refractivity contribution in [1.82, 2.24) is 10.3 Å². The summed E-state index contributed by atoms with van der Waals surface area (Å²) in [5.74, 6) is 0.829. The van der Waals surface area contributed by atoms with Crippen molar-refractivity contribution in [2.24, 2.45) is 5.92 Å². The lowest BCUT2D eigenvalue weighted by atomic mass is 9.89. The van der Waals surface area contributed by atoms with Crippen LogP contribution in [0.5, 0.6) is 0 Å². The Labute approximate surface area is 127 Å². The van der Waals surface area contributed by atoms with Gasteiger partial charge in [0.2, 0.25) is 0 Å². The number of nitrogens with zero attached hydrogens (tertiary/aromatic N) is 1. The van der Waals surface area contributed by atoms with Crippen LogP contribution in [0.15, 0.2) is 24.4 Å². The molecule has 118 valence electrons. The fourth-order valence-corrected chi connectivity index (χ4v) is 2.75. The second-order valence-electron chi connectivity index (χ2n) is 6.25. The van der Waals surface area contributed by atoms with Gasteiger partial charge in [-0.3, -0.25) is 4.98 Å². The molecule has 1 aromatic rings. The van der Waals surface area contributed by atoms with Crippen LogP contribution in [0.25, 0.3) is 0 Å². The van der Waals surface area contributed by atoms with Gasteiger partial charge in [0.05, 0.1) is 24.5 Å². The number of aromatic nitrogens is 1. The second-order valence-corrected chi connectivity index (χ2v) is 6.25. The third kappa shape index (κ3) is 5.73. The molecule has 2 N–H and O–H groups in total. The molecule has 2 atom stereocenters. The first-order valence-electron chi connectivity index (χ1n) is 8.09. The topological polar surface area (TPSA) is 54.4 Å².